The fourth-order valence-corrected chi connectivity index (χ4v) is 2.98. The second kappa shape index (κ2) is 13.1. The maximum atomic E-state index is 12.7. The van der Waals surface area contributed by atoms with Gasteiger partial charge < -0.3 is 24.3 Å². The van der Waals surface area contributed by atoms with Crippen LogP contribution in [-0.2, 0) is 16.0 Å². The standard InChI is InChI=1S/C23H29N3O6S/c1-5-30-18-13-16(14-19(31-6-2)21(18)32-7-3)22(28)25-26-23(33)24-17-10-8-15(9-11-17)12-20(27)29-4/h8-11,13-14H,5-7,12H2,1-4H3,(H,25,28)(H2,24,26,33). The molecule has 178 valence electrons. The highest BCUT2D eigenvalue weighted by Crippen LogP contribution is 2.39. The van der Waals surface area contributed by atoms with Gasteiger partial charge in [-0.1, -0.05) is 12.1 Å². The molecule has 2 aromatic carbocycles. The minimum atomic E-state index is -0.433. The Kier molecular flexibility index (Phi) is 10.2. The highest BCUT2D eigenvalue weighted by Gasteiger charge is 2.18. The largest absolute Gasteiger partial charge is 0.490 e. The molecule has 0 unspecified atom stereocenters. The average molecular weight is 476 g/mol. The highest BCUT2D eigenvalue weighted by molar-refractivity contribution is 7.80. The topological polar surface area (TPSA) is 107 Å². The summed E-state index contributed by atoms with van der Waals surface area (Å²) in [5.41, 5.74) is 7.02. The summed E-state index contributed by atoms with van der Waals surface area (Å²) in [6.07, 6.45) is 0.186. The number of hydrazine groups is 1. The summed E-state index contributed by atoms with van der Waals surface area (Å²) in [5.74, 6) is 0.548. The first kappa shape index (κ1) is 25.7. The van der Waals surface area contributed by atoms with E-state index >= 15 is 0 Å². The molecule has 0 radical (unpaired) electrons. The van der Waals surface area contributed by atoms with E-state index in [-0.39, 0.29) is 17.5 Å². The molecule has 0 fully saturated rings. The quantitative estimate of drug-likeness (QED) is 0.271. The molecule has 33 heavy (non-hydrogen) atoms. The van der Waals surface area contributed by atoms with Crippen molar-refractivity contribution in [1.82, 2.24) is 10.9 Å². The fourth-order valence-electron chi connectivity index (χ4n) is 2.81. The lowest BCUT2D eigenvalue weighted by Crippen LogP contribution is -2.43. The van der Waals surface area contributed by atoms with Crippen molar-refractivity contribution < 1.29 is 28.5 Å². The van der Waals surface area contributed by atoms with Gasteiger partial charge in [-0.2, -0.15) is 0 Å². The summed E-state index contributed by atoms with van der Waals surface area (Å²) in [5, 5.41) is 3.14. The maximum absolute atomic E-state index is 12.7. The summed E-state index contributed by atoms with van der Waals surface area (Å²) in [6.45, 7) is 6.78. The molecule has 0 aliphatic rings. The molecule has 2 rings (SSSR count). The van der Waals surface area contributed by atoms with Gasteiger partial charge in [0.1, 0.15) is 0 Å². The lowest BCUT2D eigenvalue weighted by molar-refractivity contribution is -0.139. The molecule has 10 heteroatoms. The van der Waals surface area contributed by atoms with Crippen LogP contribution in [0.25, 0.3) is 0 Å². The van der Waals surface area contributed by atoms with E-state index in [0.717, 1.165) is 5.56 Å². The summed E-state index contributed by atoms with van der Waals surface area (Å²) in [6, 6.07) is 10.3. The van der Waals surface area contributed by atoms with Crippen molar-refractivity contribution in [3.63, 3.8) is 0 Å². The third kappa shape index (κ3) is 7.83. The molecule has 0 aromatic heterocycles. The average Bonchev–Trinajstić information content (AvgIpc) is 2.80. The van der Waals surface area contributed by atoms with E-state index < -0.39 is 5.91 Å². The Hall–Kier alpha value is -3.53. The number of hydrogen-bond donors (Lipinski definition) is 3. The highest BCUT2D eigenvalue weighted by atomic mass is 32.1. The number of hydrogen-bond acceptors (Lipinski definition) is 7. The molecule has 0 saturated heterocycles. The van der Waals surface area contributed by atoms with Crippen LogP contribution < -0.4 is 30.4 Å². The van der Waals surface area contributed by atoms with Crippen LogP contribution in [0.3, 0.4) is 0 Å². The number of nitrogens with one attached hydrogen (secondary N) is 3. The second-order valence-electron chi connectivity index (χ2n) is 6.58. The molecule has 0 spiro atoms. The zero-order valence-corrected chi connectivity index (χ0v) is 20.0. The lowest BCUT2D eigenvalue weighted by Gasteiger charge is -2.17. The van der Waals surface area contributed by atoms with E-state index in [2.05, 4.69) is 20.9 Å². The van der Waals surface area contributed by atoms with Crippen LogP contribution in [0, 0.1) is 0 Å². The Morgan fingerprint density at radius 2 is 1.45 bits per heavy atom. The number of carbonyl (C=O) groups is 2. The van der Waals surface area contributed by atoms with Crippen LogP contribution in [-0.4, -0.2) is 43.9 Å². The summed E-state index contributed by atoms with van der Waals surface area (Å²) < 4.78 is 21.6. The second-order valence-corrected chi connectivity index (χ2v) is 6.99. The zero-order chi connectivity index (χ0) is 24.2. The molecular formula is C23H29N3O6S. The van der Waals surface area contributed by atoms with E-state index in [1.165, 1.54) is 7.11 Å². The number of benzene rings is 2. The predicted molar refractivity (Wildman–Crippen MR) is 129 cm³/mol. The molecular weight excluding hydrogens is 446 g/mol. The first-order valence-electron chi connectivity index (χ1n) is 10.5. The molecule has 3 N–H and O–H groups in total. The van der Waals surface area contributed by atoms with Gasteiger partial charge in [-0.15, -0.1) is 0 Å². The Morgan fingerprint density at radius 1 is 0.879 bits per heavy atom. The van der Waals surface area contributed by atoms with Crippen molar-refractivity contribution in [2.45, 2.75) is 27.2 Å². The molecule has 9 nitrogen and oxygen atoms in total. The normalized spacial score (nSPS) is 10.1. The maximum Gasteiger partial charge on any atom is 0.309 e. The molecule has 0 saturated carbocycles. The van der Waals surface area contributed by atoms with E-state index in [9.17, 15) is 9.59 Å². The summed E-state index contributed by atoms with van der Waals surface area (Å²) in [4.78, 5) is 24.0. The van der Waals surface area contributed by atoms with E-state index in [4.69, 9.17) is 26.4 Å². The van der Waals surface area contributed by atoms with Crippen LogP contribution in [0.5, 0.6) is 17.2 Å². The van der Waals surface area contributed by atoms with Crippen LogP contribution in [0.4, 0.5) is 5.69 Å². The Morgan fingerprint density at radius 3 is 1.97 bits per heavy atom. The Balaban J connectivity index is 2.02. The minimum absolute atomic E-state index is 0.185. The van der Waals surface area contributed by atoms with Gasteiger partial charge in [-0.25, -0.2) is 0 Å². The molecule has 0 aliphatic carbocycles. The zero-order valence-electron chi connectivity index (χ0n) is 19.2. The van der Waals surface area contributed by atoms with Gasteiger partial charge in [0, 0.05) is 11.3 Å². The van der Waals surface area contributed by atoms with Gasteiger partial charge in [0.05, 0.1) is 33.4 Å². The predicted octanol–water partition coefficient (Wildman–Crippen LogP) is 3.23. The number of carbonyl (C=O) groups excluding carboxylic acids is 2. The van der Waals surface area contributed by atoms with Crippen molar-refractivity contribution >= 4 is 34.9 Å². The first-order chi connectivity index (χ1) is 15.9. The number of amides is 1. The molecule has 2 aromatic rings. The molecule has 1 amide bonds. The SMILES string of the molecule is CCOc1cc(C(=O)NNC(=S)Nc2ccc(CC(=O)OC)cc2)cc(OCC)c1OCC. The molecule has 0 heterocycles. The summed E-state index contributed by atoms with van der Waals surface area (Å²) >= 11 is 5.24. The van der Waals surface area contributed by atoms with Crippen molar-refractivity contribution in [2.75, 3.05) is 32.2 Å². The van der Waals surface area contributed by atoms with Gasteiger partial charge in [0.2, 0.25) is 5.75 Å². The van der Waals surface area contributed by atoms with Crippen LogP contribution in [0.2, 0.25) is 0 Å². The number of anilines is 1. The minimum Gasteiger partial charge on any atom is -0.490 e. The van der Waals surface area contributed by atoms with E-state index in [1.807, 2.05) is 20.8 Å². The molecule has 0 aliphatic heterocycles. The van der Waals surface area contributed by atoms with E-state index in [0.29, 0.717) is 48.3 Å². The smallest absolute Gasteiger partial charge is 0.309 e. The van der Waals surface area contributed by atoms with E-state index in [1.54, 1.807) is 36.4 Å². The van der Waals surface area contributed by atoms with Crippen molar-refractivity contribution in [3.8, 4) is 17.2 Å². The van der Waals surface area contributed by atoms with Crippen LogP contribution >= 0.6 is 12.2 Å². The number of thiocarbonyl (C=S) groups is 1. The van der Waals surface area contributed by atoms with Gasteiger partial charge in [-0.3, -0.25) is 20.4 Å². The summed E-state index contributed by atoms with van der Waals surface area (Å²) in [7, 11) is 1.35. The molecule has 0 atom stereocenters. The van der Waals surface area contributed by atoms with Gasteiger partial charge in [-0.05, 0) is 62.8 Å². The number of rotatable bonds is 10. The van der Waals surface area contributed by atoms with Crippen molar-refractivity contribution in [2.24, 2.45) is 0 Å². The fraction of sp³-hybridized carbons (Fsp3) is 0.348. The van der Waals surface area contributed by atoms with Gasteiger partial charge >= 0.3 is 5.97 Å². The van der Waals surface area contributed by atoms with Crippen LogP contribution in [0.15, 0.2) is 36.4 Å². The Labute approximate surface area is 198 Å². The first-order valence-corrected chi connectivity index (χ1v) is 10.9. The number of ether oxygens (including phenoxy) is 4. The monoisotopic (exact) mass is 475 g/mol. The lowest BCUT2D eigenvalue weighted by atomic mass is 10.1. The van der Waals surface area contributed by atoms with Crippen molar-refractivity contribution in [1.29, 1.82) is 0 Å². The third-order valence-electron chi connectivity index (χ3n) is 4.25. The third-order valence-corrected chi connectivity index (χ3v) is 4.45. The number of esters is 1. The Bertz CT molecular complexity index is 938. The number of methoxy groups -OCH3 is 1. The van der Waals surface area contributed by atoms with Gasteiger partial charge in [0.15, 0.2) is 16.6 Å². The molecule has 0 bridgehead atoms. The van der Waals surface area contributed by atoms with Gasteiger partial charge in [0.25, 0.3) is 5.91 Å². The van der Waals surface area contributed by atoms with Crippen molar-refractivity contribution in [3.05, 3.63) is 47.5 Å². The van der Waals surface area contributed by atoms with Crippen LogP contribution in [0.1, 0.15) is 36.7 Å².